The van der Waals surface area contributed by atoms with Gasteiger partial charge in [0.15, 0.2) is 5.11 Å². The molecule has 0 unspecified atom stereocenters. The molecule has 1 aromatic carbocycles. The van der Waals surface area contributed by atoms with Crippen LogP contribution in [0.4, 0.5) is 5.69 Å². The van der Waals surface area contributed by atoms with Crippen LogP contribution in [0.2, 0.25) is 5.02 Å². The van der Waals surface area contributed by atoms with E-state index in [4.69, 9.17) is 28.6 Å². The van der Waals surface area contributed by atoms with Crippen LogP contribution in [0.15, 0.2) is 24.3 Å². The fraction of sp³-hybridized carbons (Fsp3) is 0.467. The van der Waals surface area contributed by atoms with Crippen LogP contribution in [0.25, 0.3) is 0 Å². The van der Waals surface area contributed by atoms with Gasteiger partial charge in [0.05, 0.1) is 12.5 Å². The number of halogens is 1. The summed E-state index contributed by atoms with van der Waals surface area (Å²) in [7, 11) is 0. The number of likely N-dealkylation sites (tertiary alicyclic amines) is 1. The normalized spacial score (nSPS) is 15.6. The quantitative estimate of drug-likeness (QED) is 0.681. The molecule has 1 saturated heterocycles. The van der Waals surface area contributed by atoms with E-state index in [9.17, 15) is 4.79 Å². The average molecular weight is 327 g/mol. The summed E-state index contributed by atoms with van der Waals surface area (Å²) in [5, 5.41) is 4.51. The Kier molecular flexibility index (Phi) is 5.82. The number of hydrogen-bond acceptors (Lipinski definition) is 3. The molecule has 0 atom stereocenters. The van der Waals surface area contributed by atoms with Crippen LogP contribution in [0.3, 0.4) is 0 Å². The summed E-state index contributed by atoms with van der Waals surface area (Å²) in [5.41, 5.74) is 0.875. The van der Waals surface area contributed by atoms with Gasteiger partial charge in [-0.1, -0.05) is 17.7 Å². The van der Waals surface area contributed by atoms with Crippen LogP contribution < -0.4 is 5.32 Å². The van der Waals surface area contributed by atoms with Gasteiger partial charge in [0.25, 0.3) is 0 Å². The topological polar surface area (TPSA) is 41.6 Å². The number of carbonyl (C=O) groups is 1. The van der Waals surface area contributed by atoms with Crippen molar-refractivity contribution in [1.82, 2.24) is 4.90 Å². The number of thiocarbonyl (C=S) groups is 1. The van der Waals surface area contributed by atoms with Gasteiger partial charge in [-0.05, 0) is 50.2 Å². The molecule has 6 heteroatoms. The van der Waals surface area contributed by atoms with Crippen molar-refractivity contribution >= 4 is 40.6 Å². The lowest BCUT2D eigenvalue weighted by Gasteiger charge is -2.32. The van der Waals surface area contributed by atoms with Crippen LogP contribution in [0.1, 0.15) is 19.8 Å². The Morgan fingerprint density at radius 1 is 1.48 bits per heavy atom. The smallest absolute Gasteiger partial charge is 0.309 e. The Hall–Kier alpha value is -1.33. The van der Waals surface area contributed by atoms with E-state index in [1.54, 1.807) is 0 Å². The molecule has 114 valence electrons. The first-order chi connectivity index (χ1) is 10.1. The highest BCUT2D eigenvalue weighted by Crippen LogP contribution is 2.20. The molecule has 1 aromatic rings. The van der Waals surface area contributed by atoms with Gasteiger partial charge < -0.3 is 15.0 Å². The van der Waals surface area contributed by atoms with Gasteiger partial charge in [-0.2, -0.15) is 0 Å². The van der Waals surface area contributed by atoms with E-state index in [2.05, 4.69) is 10.2 Å². The predicted molar refractivity (Wildman–Crippen MR) is 88.6 cm³/mol. The third kappa shape index (κ3) is 4.58. The zero-order valence-corrected chi connectivity index (χ0v) is 13.5. The van der Waals surface area contributed by atoms with E-state index >= 15 is 0 Å². The third-order valence-corrected chi connectivity index (χ3v) is 4.07. The summed E-state index contributed by atoms with van der Waals surface area (Å²) in [6.45, 7) is 3.79. The maximum atomic E-state index is 11.7. The monoisotopic (exact) mass is 326 g/mol. The summed E-state index contributed by atoms with van der Waals surface area (Å²) < 4.78 is 5.07. The Morgan fingerprint density at radius 3 is 2.81 bits per heavy atom. The maximum absolute atomic E-state index is 11.7. The molecule has 1 heterocycles. The van der Waals surface area contributed by atoms with Crippen LogP contribution in [0.5, 0.6) is 0 Å². The highest BCUT2D eigenvalue weighted by molar-refractivity contribution is 7.80. The molecule has 0 aliphatic carbocycles. The second-order valence-corrected chi connectivity index (χ2v) is 5.78. The van der Waals surface area contributed by atoms with Crippen molar-refractivity contribution in [3.05, 3.63) is 29.3 Å². The Bertz CT molecular complexity index is 516. The zero-order valence-electron chi connectivity index (χ0n) is 12.0. The number of piperidine rings is 1. The van der Waals surface area contributed by atoms with Crippen LogP contribution in [-0.4, -0.2) is 35.7 Å². The van der Waals surface area contributed by atoms with Gasteiger partial charge in [0.2, 0.25) is 0 Å². The molecular formula is C15H19ClN2O2S. The molecule has 0 amide bonds. The van der Waals surface area contributed by atoms with Crippen LogP contribution >= 0.6 is 23.8 Å². The molecule has 21 heavy (non-hydrogen) atoms. The predicted octanol–water partition coefficient (Wildman–Crippen LogP) is 3.31. The van der Waals surface area contributed by atoms with Gasteiger partial charge in [-0.3, -0.25) is 4.79 Å². The minimum absolute atomic E-state index is 0.00447. The first-order valence-corrected chi connectivity index (χ1v) is 7.87. The van der Waals surface area contributed by atoms with E-state index in [-0.39, 0.29) is 11.9 Å². The molecule has 0 aromatic heterocycles. The van der Waals surface area contributed by atoms with Gasteiger partial charge in [0, 0.05) is 23.8 Å². The van der Waals surface area contributed by atoms with Crippen molar-refractivity contribution in [1.29, 1.82) is 0 Å². The van der Waals surface area contributed by atoms with Gasteiger partial charge in [0.1, 0.15) is 0 Å². The summed E-state index contributed by atoms with van der Waals surface area (Å²) in [6.07, 6.45) is 1.55. The van der Waals surface area contributed by atoms with E-state index in [1.807, 2.05) is 31.2 Å². The molecule has 1 fully saturated rings. The number of ether oxygens (including phenoxy) is 1. The molecule has 4 nitrogen and oxygen atoms in total. The molecule has 1 aliphatic rings. The molecular weight excluding hydrogens is 308 g/mol. The maximum Gasteiger partial charge on any atom is 0.309 e. The molecule has 0 saturated carbocycles. The van der Waals surface area contributed by atoms with Gasteiger partial charge in [-0.25, -0.2) is 0 Å². The lowest BCUT2D eigenvalue weighted by atomic mass is 9.97. The van der Waals surface area contributed by atoms with Crippen molar-refractivity contribution in [3.8, 4) is 0 Å². The largest absolute Gasteiger partial charge is 0.466 e. The van der Waals surface area contributed by atoms with E-state index in [0.717, 1.165) is 31.6 Å². The number of anilines is 1. The lowest BCUT2D eigenvalue weighted by molar-refractivity contribution is -0.149. The standard InChI is InChI=1S/C15H19ClN2O2S/c1-2-20-14(19)11-6-8-18(9-7-11)15(21)17-13-5-3-4-12(16)10-13/h3-5,10-11H,2,6-9H2,1H3,(H,17,21). The van der Waals surface area contributed by atoms with Crippen LogP contribution in [0, 0.1) is 5.92 Å². The summed E-state index contributed by atoms with van der Waals surface area (Å²) in [5.74, 6) is -0.0963. The number of benzene rings is 1. The molecule has 2 rings (SSSR count). The van der Waals surface area contributed by atoms with Gasteiger partial charge >= 0.3 is 5.97 Å². The van der Waals surface area contributed by atoms with Gasteiger partial charge in [-0.15, -0.1) is 0 Å². The van der Waals surface area contributed by atoms with Crippen molar-refractivity contribution in [3.63, 3.8) is 0 Å². The number of hydrogen-bond donors (Lipinski definition) is 1. The summed E-state index contributed by atoms with van der Waals surface area (Å²) in [4.78, 5) is 13.8. The summed E-state index contributed by atoms with van der Waals surface area (Å²) >= 11 is 11.4. The fourth-order valence-corrected chi connectivity index (χ4v) is 2.84. The Balaban J connectivity index is 1.84. The number of nitrogens with zero attached hydrogens (tertiary/aromatic N) is 1. The lowest BCUT2D eigenvalue weighted by Crippen LogP contribution is -2.42. The van der Waals surface area contributed by atoms with E-state index in [1.165, 1.54) is 0 Å². The summed E-state index contributed by atoms with van der Waals surface area (Å²) in [6, 6.07) is 7.45. The average Bonchev–Trinajstić information content (AvgIpc) is 2.47. The van der Waals surface area contributed by atoms with Crippen molar-refractivity contribution < 1.29 is 9.53 Å². The van der Waals surface area contributed by atoms with Crippen molar-refractivity contribution in [2.45, 2.75) is 19.8 Å². The first kappa shape index (κ1) is 16.0. The molecule has 1 aliphatic heterocycles. The van der Waals surface area contributed by atoms with Crippen LogP contribution in [-0.2, 0) is 9.53 Å². The van der Waals surface area contributed by atoms with Crippen molar-refractivity contribution in [2.24, 2.45) is 5.92 Å². The minimum atomic E-state index is -0.0918. The second kappa shape index (κ2) is 7.61. The van der Waals surface area contributed by atoms with Crippen molar-refractivity contribution in [2.75, 3.05) is 25.0 Å². The SMILES string of the molecule is CCOC(=O)C1CCN(C(=S)Nc2cccc(Cl)c2)CC1. The molecule has 0 spiro atoms. The number of rotatable bonds is 3. The van der Waals surface area contributed by atoms with E-state index in [0.29, 0.717) is 16.7 Å². The number of carbonyl (C=O) groups excluding carboxylic acids is 1. The first-order valence-electron chi connectivity index (χ1n) is 7.08. The highest BCUT2D eigenvalue weighted by Gasteiger charge is 2.26. The van der Waals surface area contributed by atoms with E-state index < -0.39 is 0 Å². The fourth-order valence-electron chi connectivity index (χ4n) is 2.35. The number of esters is 1. The molecule has 0 radical (unpaired) electrons. The Labute approximate surface area is 135 Å². The Morgan fingerprint density at radius 2 is 2.19 bits per heavy atom. The second-order valence-electron chi connectivity index (χ2n) is 4.95. The zero-order chi connectivity index (χ0) is 15.2. The minimum Gasteiger partial charge on any atom is -0.466 e. The third-order valence-electron chi connectivity index (χ3n) is 3.48. The number of nitrogens with one attached hydrogen (secondary N) is 1. The highest BCUT2D eigenvalue weighted by atomic mass is 35.5. The molecule has 0 bridgehead atoms. The molecule has 1 N–H and O–H groups in total.